The second-order valence-electron chi connectivity index (χ2n) is 7.20. The Bertz CT molecular complexity index is 688. The fourth-order valence-corrected chi connectivity index (χ4v) is 4.46. The van der Waals surface area contributed by atoms with Crippen molar-refractivity contribution in [2.24, 2.45) is 11.8 Å². The first-order valence-electron chi connectivity index (χ1n) is 9.00. The predicted molar refractivity (Wildman–Crippen MR) is 92.0 cm³/mol. The standard InChI is InChI=1S/C19H24F2N4/c20-19(21)25-9-8-22-18(25)10-23-17-7-6-15-12-24(13-16(15)17)11-14-4-2-1-3-5-14/h1-5,8-9,15-17,19,23H,6-7,10-13H2/t15-,16+,17-/m1/s1. The van der Waals surface area contributed by atoms with E-state index in [9.17, 15) is 8.78 Å². The molecule has 2 aromatic rings. The van der Waals surface area contributed by atoms with Gasteiger partial charge in [0.1, 0.15) is 5.82 Å². The number of imidazole rings is 1. The van der Waals surface area contributed by atoms with Gasteiger partial charge < -0.3 is 5.32 Å². The summed E-state index contributed by atoms with van der Waals surface area (Å²) < 4.78 is 26.8. The van der Waals surface area contributed by atoms with Crippen LogP contribution in [0, 0.1) is 11.8 Å². The van der Waals surface area contributed by atoms with Crippen LogP contribution in [0.4, 0.5) is 8.78 Å². The number of nitrogens with one attached hydrogen (secondary N) is 1. The van der Waals surface area contributed by atoms with Crippen LogP contribution < -0.4 is 5.32 Å². The van der Waals surface area contributed by atoms with Crippen LogP contribution in [0.15, 0.2) is 42.7 Å². The number of hydrogen-bond acceptors (Lipinski definition) is 3. The maximum atomic E-state index is 12.9. The highest BCUT2D eigenvalue weighted by Crippen LogP contribution is 2.38. The highest BCUT2D eigenvalue weighted by molar-refractivity contribution is 5.15. The summed E-state index contributed by atoms with van der Waals surface area (Å²) in [7, 11) is 0. The lowest BCUT2D eigenvalue weighted by molar-refractivity contribution is 0.0663. The van der Waals surface area contributed by atoms with Gasteiger partial charge in [0.2, 0.25) is 0 Å². The summed E-state index contributed by atoms with van der Waals surface area (Å²) in [6, 6.07) is 11.0. The van der Waals surface area contributed by atoms with E-state index < -0.39 is 6.55 Å². The van der Waals surface area contributed by atoms with Crippen LogP contribution in [-0.4, -0.2) is 33.6 Å². The molecule has 0 radical (unpaired) electrons. The van der Waals surface area contributed by atoms with E-state index >= 15 is 0 Å². The Labute approximate surface area is 146 Å². The van der Waals surface area contributed by atoms with Crippen molar-refractivity contribution in [2.45, 2.75) is 38.5 Å². The molecule has 4 nitrogen and oxygen atoms in total. The molecule has 4 rings (SSSR count). The van der Waals surface area contributed by atoms with Crippen LogP contribution in [0.25, 0.3) is 0 Å². The normalized spacial score (nSPS) is 26.4. The minimum Gasteiger partial charge on any atom is -0.307 e. The molecule has 1 aliphatic heterocycles. The average Bonchev–Trinajstić information content (AvgIpc) is 3.29. The topological polar surface area (TPSA) is 33.1 Å². The average molecular weight is 346 g/mol. The monoisotopic (exact) mass is 346 g/mol. The minimum absolute atomic E-state index is 0.397. The smallest absolute Gasteiger partial charge is 0.307 e. The van der Waals surface area contributed by atoms with Crippen molar-refractivity contribution in [2.75, 3.05) is 13.1 Å². The number of halogens is 2. The second-order valence-corrected chi connectivity index (χ2v) is 7.20. The number of hydrogen-bond donors (Lipinski definition) is 1. The third kappa shape index (κ3) is 3.60. The van der Waals surface area contributed by atoms with E-state index in [0.717, 1.165) is 36.5 Å². The molecule has 3 atom stereocenters. The zero-order chi connectivity index (χ0) is 17.2. The molecule has 1 saturated carbocycles. The van der Waals surface area contributed by atoms with Gasteiger partial charge in [0.15, 0.2) is 0 Å². The van der Waals surface area contributed by atoms with E-state index in [-0.39, 0.29) is 0 Å². The molecule has 0 unspecified atom stereocenters. The molecule has 2 fully saturated rings. The minimum atomic E-state index is -2.52. The quantitative estimate of drug-likeness (QED) is 0.871. The maximum Gasteiger partial charge on any atom is 0.319 e. The van der Waals surface area contributed by atoms with E-state index in [1.54, 1.807) is 0 Å². The van der Waals surface area contributed by atoms with Crippen molar-refractivity contribution in [1.29, 1.82) is 0 Å². The van der Waals surface area contributed by atoms with Gasteiger partial charge in [-0.3, -0.25) is 9.47 Å². The lowest BCUT2D eigenvalue weighted by atomic mass is 9.98. The van der Waals surface area contributed by atoms with Crippen LogP contribution >= 0.6 is 0 Å². The second kappa shape index (κ2) is 7.22. The first kappa shape index (κ1) is 16.7. The Morgan fingerprint density at radius 2 is 2.00 bits per heavy atom. The lowest BCUT2D eigenvalue weighted by Gasteiger charge is -2.22. The summed E-state index contributed by atoms with van der Waals surface area (Å²) in [5.74, 6) is 1.74. The van der Waals surface area contributed by atoms with Gasteiger partial charge in [-0.25, -0.2) is 4.98 Å². The molecule has 2 heterocycles. The molecule has 1 N–H and O–H groups in total. The summed E-state index contributed by atoms with van der Waals surface area (Å²) in [5, 5.41) is 3.49. The van der Waals surface area contributed by atoms with Crippen LogP contribution in [0.3, 0.4) is 0 Å². The molecular weight excluding hydrogens is 322 g/mol. The highest BCUT2D eigenvalue weighted by Gasteiger charge is 2.42. The Morgan fingerprint density at radius 3 is 2.80 bits per heavy atom. The number of rotatable bonds is 6. The molecule has 2 aliphatic rings. The number of likely N-dealkylation sites (tertiary alicyclic amines) is 1. The number of alkyl halides is 2. The highest BCUT2D eigenvalue weighted by atomic mass is 19.3. The Morgan fingerprint density at radius 1 is 1.16 bits per heavy atom. The molecule has 1 aromatic carbocycles. The van der Waals surface area contributed by atoms with Crippen LogP contribution in [-0.2, 0) is 13.1 Å². The predicted octanol–water partition coefficient (Wildman–Crippen LogP) is 3.28. The summed E-state index contributed by atoms with van der Waals surface area (Å²) in [5.41, 5.74) is 1.35. The van der Waals surface area contributed by atoms with Crippen molar-refractivity contribution >= 4 is 0 Å². The first-order valence-corrected chi connectivity index (χ1v) is 9.00. The molecule has 0 amide bonds. The first-order chi connectivity index (χ1) is 12.2. The van der Waals surface area contributed by atoms with E-state index in [2.05, 4.69) is 39.5 Å². The van der Waals surface area contributed by atoms with Crippen molar-refractivity contribution in [3.8, 4) is 0 Å². The fourth-order valence-electron chi connectivity index (χ4n) is 4.46. The van der Waals surface area contributed by atoms with Crippen molar-refractivity contribution in [3.05, 3.63) is 54.1 Å². The zero-order valence-electron chi connectivity index (χ0n) is 14.2. The summed E-state index contributed by atoms with van der Waals surface area (Å²) >= 11 is 0. The molecule has 25 heavy (non-hydrogen) atoms. The van der Waals surface area contributed by atoms with Gasteiger partial charge in [0.05, 0.1) is 6.54 Å². The van der Waals surface area contributed by atoms with Gasteiger partial charge in [0.25, 0.3) is 0 Å². The molecule has 134 valence electrons. The molecular formula is C19H24F2N4. The van der Waals surface area contributed by atoms with E-state index in [4.69, 9.17) is 0 Å². The molecule has 1 aromatic heterocycles. The van der Waals surface area contributed by atoms with Crippen LogP contribution in [0.5, 0.6) is 0 Å². The Hall–Kier alpha value is -1.79. The third-order valence-corrected chi connectivity index (χ3v) is 5.66. The fraction of sp³-hybridized carbons (Fsp3) is 0.526. The summed E-state index contributed by atoms with van der Waals surface area (Å²) in [6.45, 7) is 1.10. The van der Waals surface area contributed by atoms with Gasteiger partial charge in [-0.05, 0) is 30.2 Å². The Balaban J connectivity index is 1.33. The summed E-state index contributed by atoms with van der Waals surface area (Å²) in [6.07, 6.45) is 5.13. The zero-order valence-corrected chi connectivity index (χ0v) is 14.2. The number of aromatic nitrogens is 2. The maximum absolute atomic E-state index is 12.9. The number of fused-ring (bicyclic) bond motifs is 1. The van der Waals surface area contributed by atoms with Gasteiger partial charge in [-0.1, -0.05) is 30.3 Å². The molecule has 1 aliphatic carbocycles. The van der Waals surface area contributed by atoms with E-state index in [1.807, 2.05) is 6.07 Å². The number of nitrogens with zero attached hydrogens (tertiary/aromatic N) is 3. The SMILES string of the molecule is FC(F)n1ccnc1CN[C@@H]1CC[C@@H]2CN(Cc3ccccc3)C[C@@H]21. The molecule has 0 bridgehead atoms. The van der Waals surface area contributed by atoms with E-state index in [1.165, 1.54) is 24.4 Å². The van der Waals surface area contributed by atoms with E-state index in [0.29, 0.717) is 24.3 Å². The van der Waals surface area contributed by atoms with Crippen LogP contribution in [0.2, 0.25) is 0 Å². The molecule has 6 heteroatoms. The van der Waals surface area contributed by atoms with Gasteiger partial charge in [-0.15, -0.1) is 0 Å². The third-order valence-electron chi connectivity index (χ3n) is 5.66. The summed E-state index contributed by atoms with van der Waals surface area (Å²) in [4.78, 5) is 6.59. The molecule has 1 saturated heterocycles. The van der Waals surface area contributed by atoms with Gasteiger partial charge in [-0.2, -0.15) is 8.78 Å². The largest absolute Gasteiger partial charge is 0.319 e. The Kier molecular flexibility index (Phi) is 4.81. The van der Waals surface area contributed by atoms with Crippen molar-refractivity contribution in [3.63, 3.8) is 0 Å². The number of benzene rings is 1. The van der Waals surface area contributed by atoms with Gasteiger partial charge >= 0.3 is 6.55 Å². The van der Waals surface area contributed by atoms with Gasteiger partial charge in [0, 0.05) is 38.1 Å². The van der Waals surface area contributed by atoms with Crippen molar-refractivity contribution in [1.82, 2.24) is 19.8 Å². The lowest BCUT2D eigenvalue weighted by Crippen LogP contribution is -2.36. The molecule has 0 spiro atoms. The van der Waals surface area contributed by atoms with Crippen molar-refractivity contribution < 1.29 is 8.78 Å². The van der Waals surface area contributed by atoms with Crippen LogP contribution in [0.1, 0.15) is 30.8 Å².